The van der Waals surface area contributed by atoms with Crippen LogP contribution < -0.4 is 20.9 Å². The summed E-state index contributed by atoms with van der Waals surface area (Å²) in [6.07, 6.45) is 2.71. The molecule has 0 aromatic carbocycles. The Morgan fingerprint density at radius 3 is 2.48 bits per heavy atom. The van der Waals surface area contributed by atoms with E-state index in [9.17, 15) is 23.1 Å². The number of hydrogen-bond donors (Lipinski definition) is 3. The topological polar surface area (TPSA) is 157 Å². The number of aromatic nitrogens is 3. The fraction of sp³-hybridized carbons (Fsp3) is 0.0909. The standard InChI is InChI=1S/C11H11N5O5S.Ag/c1-6-8(10(18)14-11(19)13-6)22(20,21)16-15-9(17)7-2-4-12-5-3-7;/h2-5,16H,1H3,(H,15,17)(H2,13,14,18,19);/q;+1/p-1. The first-order valence-corrected chi connectivity index (χ1v) is 7.29. The van der Waals surface area contributed by atoms with Crippen molar-refractivity contribution in [1.29, 1.82) is 0 Å². The van der Waals surface area contributed by atoms with Crippen molar-refractivity contribution in [3.63, 3.8) is 0 Å². The molecule has 0 aliphatic carbocycles. The Labute approximate surface area is 145 Å². The van der Waals surface area contributed by atoms with Crippen LogP contribution in [0.25, 0.3) is 0 Å². The van der Waals surface area contributed by atoms with E-state index in [0.29, 0.717) is 0 Å². The molecular formula is C11H10AgN5O5S. The number of aryl methyl sites for hydroxylation is 1. The van der Waals surface area contributed by atoms with E-state index in [1.54, 1.807) is 9.82 Å². The number of nitrogens with one attached hydrogen (secondary N) is 3. The molecule has 2 heterocycles. The summed E-state index contributed by atoms with van der Waals surface area (Å²) in [6, 6.07) is 1.78. The van der Waals surface area contributed by atoms with Crippen molar-refractivity contribution in [2.45, 2.75) is 11.8 Å². The molecule has 0 unspecified atom stereocenters. The summed E-state index contributed by atoms with van der Waals surface area (Å²) in [5, 5.41) is 11.0. The van der Waals surface area contributed by atoms with Gasteiger partial charge in [-0.2, -0.15) is 0 Å². The van der Waals surface area contributed by atoms with Crippen molar-refractivity contribution in [2.75, 3.05) is 0 Å². The van der Waals surface area contributed by atoms with Gasteiger partial charge in [0.05, 0.1) is 11.7 Å². The number of amides is 1. The number of hydrazine groups is 1. The van der Waals surface area contributed by atoms with Gasteiger partial charge in [-0.15, -0.1) is 4.83 Å². The smallest absolute Gasteiger partial charge is 0.846 e. The van der Waals surface area contributed by atoms with Crippen LogP contribution in [-0.2, 0) is 32.4 Å². The minimum atomic E-state index is -4.38. The molecule has 0 bridgehead atoms. The van der Waals surface area contributed by atoms with Crippen LogP contribution >= 0.6 is 0 Å². The van der Waals surface area contributed by atoms with Gasteiger partial charge in [0.2, 0.25) is 0 Å². The summed E-state index contributed by atoms with van der Waals surface area (Å²) < 4.78 is 24.0. The van der Waals surface area contributed by atoms with Gasteiger partial charge in [-0.05, 0) is 19.1 Å². The summed E-state index contributed by atoms with van der Waals surface area (Å²) in [6.45, 7) is 1.19. The van der Waals surface area contributed by atoms with Gasteiger partial charge < -0.3 is 10.1 Å². The zero-order chi connectivity index (χ0) is 16.3. The quantitative estimate of drug-likeness (QED) is 0.379. The second-order valence-electron chi connectivity index (χ2n) is 4.08. The van der Waals surface area contributed by atoms with E-state index in [0.717, 1.165) is 0 Å². The largest absolute Gasteiger partial charge is 1.00 e. The molecule has 3 N–H and O–H groups in total. The average Bonchev–Trinajstić information content (AvgIpc) is 2.44. The Kier molecular flexibility index (Phi) is 6.18. The second kappa shape index (κ2) is 7.48. The van der Waals surface area contributed by atoms with E-state index in [-0.39, 0.29) is 33.6 Å². The number of nitrogens with zero attached hydrogens (tertiary/aromatic N) is 2. The molecule has 126 valence electrons. The summed E-state index contributed by atoms with van der Waals surface area (Å²) >= 11 is 0. The first-order valence-electron chi connectivity index (χ1n) is 5.81. The molecule has 2 aromatic rings. The molecule has 0 aliphatic rings. The van der Waals surface area contributed by atoms with Crippen LogP contribution in [0, 0.1) is 6.92 Å². The van der Waals surface area contributed by atoms with Crippen LogP contribution in [0.3, 0.4) is 0 Å². The Hall–Kier alpha value is -2.05. The zero-order valence-corrected chi connectivity index (χ0v) is 13.8. The predicted molar refractivity (Wildman–Crippen MR) is 71.1 cm³/mol. The third-order valence-electron chi connectivity index (χ3n) is 2.53. The number of hydrogen-bond acceptors (Lipinski definition) is 7. The number of aromatic amines is 1. The fourth-order valence-electron chi connectivity index (χ4n) is 1.61. The number of pyridine rings is 1. The van der Waals surface area contributed by atoms with Gasteiger partial charge in [0, 0.05) is 18.0 Å². The normalized spacial score (nSPS) is 10.7. The maximum Gasteiger partial charge on any atom is 1.00 e. The molecule has 0 fully saturated rings. The van der Waals surface area contributed by atoms with Crippen LogP contribution in [0.2, 0.25) is 0 Å². The molecule has 0 atom stereocenters. The molecule has 2 rings (SSSR count). The minimum absolute atomic E-state index is 0. The van der Waals surface area contributed by atoms with Gasteiger partial charge in [-0.3, -0.25) is 20.0 Å². The average molecular weight is 432 g/mol. The summed E-state index contributed by atoms with van der Waals surface area (Å²) in [5.74, 6) is -0.742. The zero-order valence-electron chi connectivity index (χ0n) is 11.5. The van der Waals surface area contributed by atoms with E-state index in [4.69, 9.17) is 0 Å². The molecule has 0 saturated carbocycles. The first kappa shape index (κ1) is 19.0. The Morgan fingerprint density at radius 2 is 1.91 bits per heavy atom. The van der Waals surface area contributed by atoms with Gasteiger partial charge >= 0.3 is 22.4 Å². The number of carbonyl (C=O) groups excluding carboxylic acids is 1. The van der Waals surface area contributed by atoms with Crippen molar-refractivity contribution < 1.29 is 40.7 Å². The number of rotatable bonds is 4. The predicted octanol–water partition coefficient (Wildman–Crippen LogP) is -1.83. The number of H-pyrrole nitrogens is 1. The molecule has 0 saturated heterocycles. The summed E-state index contributed by atoms with van der Waals surface area (Å²) in [5.41, 5.74) is 0.706. The van der Waals surface area contributed by atoms with E-state index >= 15 is 0 Å². The molecule has 0 spiro atoms. The van der Waals surface area contributed by atoms with E-state index in [1.165, 1.54) is 31.5 Å². The van der Waals surface area contributed by atoms with Gasteiger partial charge in [0.25, 0.3) is 21.5 Å². The van der Waals surface area contributed by atoms with Crippen molar-refractivity contribution in [3.05, 3.63) is 46.1 Å². The number of sulfonamides is 1. The molecule has 10 nitrogen and oxygen atoms in total. The minimum Gasteiger partial charge on any atom is -0.846 e. The van der Waals surface area contributed by atoms with Crippen LogP contribution in [0.1, 0.15) is 16.1 Å². The van der Waals surface area contributed by atoms with Gasteiger partial charge in [-0.1, -0.05) is 0 Å². The maximum atomic E-state index is 12.0. The molecule has 0 radical (unpaired) electrons. The molecule has 23 heavy (non-hydrogen) atoms. The third kappa shape index (κ3) is 4.46. The van der Waals surface area contributed by atoms with Gasteiger partial charge in [-0.25, -0.2) is 13.4 Å². The molecule has 1 amide bonds. The second-order valence-corrected chi connectivity index (χ2v) is 5.70. The summed E-state index contributed by atoms with van der Waals surface area (Å²) in [4.78, 5) is 33.1. The molecule has 2 aromatic heterocycles. The van der Waals surface area contributed by atoms with Crippen LogP contribution in [0.5, 0.6) is 6.01 Å². The van der Waals surface area contributed by atoms with Crippen LogP contribution in [0.15, 0.2) is 34.2 Å². The van der Waals surface area contributed by atoms with Crippen LogP contribution in [0.4, 0.5) is 0 Å². The summed E-state index contributed by atoms with van der Waals surface area (Å²) in [7, 11) is -4.38. The van der Waals surface area contributed by atoms with Crippen molar-refractivity contribution in [3.8, 4) is 6.01 Å². The molecular weight excluding hydrogens is 422 g/mol. The third-order valence-corrected chi connectivity index (χ3v) is 3.92. The van der Waals surface area contributed by atoms with Gasteiger partial charge in [0.15, 0.2) is 4.90 Å². The Bertz CT molecular complexity index is 868. The fourth-order valence-corrected chi connectivity index (χ4v) is 2.66. The van der Waals surface area contributed by atoms with E-state index in [1.807, 2.05) is 5.43 Å². The Balaban J connectivity index is 0.00000264. The number of carbonyl (C=O) groups is 1. The van der Waals surface area contributed by atoms with Crippen molar-refractivity contribution in [2.24, 2.45) is 0 Å². The SMILES string of the molecule is Cc1nc([O-])[nH]c(=O)c1S(=O)(=O)NNC(=O)c1ccncc1.[Ag+]. The molecule has 0 aliphatic heterocycles. The monoisotopic (exact) mass is 431 g/mol. The van der Waals surface area contributed by atoms with E-state index < -0.39 is 32.4 Å². The maximum absolute atomic E-state index is 12.0. The van der Waals surface area contributed by atoms with Crippen molar-refractivity contribution in [1.82, 2.24) is 25.2 Å². The Morgan fingerprint density at radius 1 is 1.30 bits per heavy atom. The first-order chi connectivity index (χ1) is 10.3. The van der Waals surface area contributed by atoms with Crippen molar-refractivity contribution >= 4 is 15.9 Å². The van der Waals surface area contributed by atoms with Gasteiger partial charge in [0.1, 0.15) is 0 Å². The molecule has 12 heteroatoms. The van der Waals surface area contributed by atoms with E-state index in [2.05, 4.69) is 9.97 Å². The van der Waals surface area contributed by atoms with Crippen LogP contribution in [-0.4, -0.2) is 29.3 Å².